The van der Waals surface area contributed by atoms with Gasteiger partial charge in [0.25, 0.3) is 0 Å². The highest BCUT2D eigenvalue weighted by Crippen LogP contribution is 2.35. The molecule has 2 heterocycles. The first-order valence-electron chi connectivity index (χ1n) is 5.42. The van der Waals surface area contributed by atoms with Crippen LogP contribution in [0.2, 0.25) is 0 Å². The van der Waals surface area contributed by atoms with E-state index in [0.29, 0.717) is 3.95 Å². The van der Waals surface area contributed by atoms with E-state index in [1.54, 1.807) is 0 Å². The lowest BCUT2D eigenvalue weighted by molar-refractivity contribution is 0.456. The molecule has 0 atom stereocenters. The number of aliphatic imine (C=N–C) groups is 1. The summed E-state index contributed by atoms with van der Waals surface area (Å²) >= 11 is 6.35. The minimum absolute atomic E-state index is 0.118. The summed E-state index contributed by atoms with van der Waals surface area (Å²) in [5.74, 6) is 0.118. The van der Waals surface area contributed by atoms with Gasteiger partial charge in [-0.05, 0) is 37.4 Å². The van der Waals surface area contributed by atoms with Gasteiger partial charge in [-0.25, -0.2) is 0 Å². The Morgan fingerprint density at radius 3 is 3.00 bits per heavy atom. The number of H-pyrrole nitrogens is 1. The molecule has 1 aliphatic rings. The zero-order valence-electron chi connectivity index (χ0n) is 9.60. The van der Waals surface area contributed by atoms with E-state index in [1.807, 2.05) is 31.3 Å². The standard InChI is InChI=1S/C13H10N2OS2/c1-7-2-3-10-9(4-7)8(6-14-10)5-11-12(16)15-13(17)18-11/h2-6,16H,1H3,(H,15,17)/b8-5-. The number of aromatic hydroxyl groups is 1. The van der Waals surface area contributed by atoms with E-state index in [-0.39, 0.29) is 5.88 Å². The molecule has 2 N–H and O–H groups in total. The zero-order chi connectivity index (χ0) is 12.7. The summed E-state index contributed by atoms with van der Waals surface area (Å²) in [7, 11) is 0. The minimum Gasteiger partial charge on any atom is -0.494 e. The van der Waals surface area contributed by atoms with E-state index < -0.39 is 0 Å². The van der Waals surface area contributed by atoms with E-state index in [9.17, 15) is 5.11 Å². The van der Waals surface area contributed by atoms with Crippen LogP contribution >= 0.6 is 23.6 Å². The summed E-state index contributed by atoms with van der Waals surface area (Å²) in [6.07, 6.45) is 3.72. The second-order valence-corrected chi connectivity index (χ2v) is 5.82. The Kier molecular flexibility index (Phi) is 2.65. The number of aryl methyl sites for hydroxylation is 1. The SMILES string of the molecule is Cc1ccc2c(c1)/C(=C\c1sc(=S)[nH]c1O)C=N2. The summed E-state index contributed by atoms with van der Waals surface area (Å²) in [6.45, 7) is 2.05. The number of hydrogen-bond donors (Lipinski definition) is 2. The molecule has 0 saturated carbocycles. The second-order valence-electron chi connectivity index (χ2n) is 4.11. The molecule has 0 bridgehead atoms. The van der Waals surface area contributed by atoms with E-state index in [0.717, 1.165) is 21.7 Å². The number of nitrogens with zero attached hydrogens (tertiary/aromatic N) is 1. The molecule has 0 aliphatic carbocycles. The molecule has 0 saturated heterocycles. The van der Waals surface area contributed by atoms with Gasteiger partial charge < -0.3 is 10.1 Å². The molecular weight excluding hydrogens is 264 g/mol. The van der Waals surface area contributed by atoms with Crippen molar-refractivity contribution in [1.29, 1.82) is 0 Å². The first kappa shape index (κ1) is 11.4. The Bertz CT molecular complexity index is 738. The molecule has 18 heavy (non-hydrogen) atoms. The molecule has 90 valence electrons. The number of aromatic nitrogens is 1. The molecule has 1 aromatic carbocycles. The van der Waals surface area contributed by atoms with Gasteiger partial charge in [-0.3, -0.25) is 4.99 Å². The lowest BCUT2D eigenvalue weighted by atomic mass is 10.0. The van der Waals surface area contributed by atoms with Gasteiger partial charge in [0.05, 0.1) is 10.6 Å². The first-order chi connectivity index (χ1) is 8.63. The summed E-state index contributed by atoms with van der Waals surface area (Å²) in [4.78, 5) is 7.80. The maximum absolute atomic E-state index is 9.69. The fourth-order valence-electron chi connectivity index (χ4n) is 1.89. The van der Waals surface area contributed by atoms with Crippen molar-refractivity contribution in [2.75, 3.05) is 0 Å². The van der Waals surface area contributed by atoms with Crippen molar-refractivity contribution in [3.8, 4) is 5.88 Å². The number of nitrogens with one attached hydrogen (secondary N) is 1. The Hall–Kier alpha value is -1.72. The molecule has 2 aromatic rings. The Morgan fingerprint density at radius 2 is 2.28 bits per heavy atom. The highest BCUT2D eigenvalue weighted by Gasteiger charge is 2.13. The molecule has 0 fully saturated rings. The largest absolute Gasteiger partial charge is 0.494 e. The summed E-state index contributed by atoms with van der Waals surface area (Å²) in [6, 6.07) is 6.13. The van der Waals surface area contributed by atoms with Crippen LogP contribution in [-0.4, -0.2) is 16.3 Å². The molecule has 0 spiro atoms. The van der Waals surface area contributed by atoms with Crippen molar-refractivity contribution in [2.45, 2.75) is 6.92 Å². The third kappa shape index (κ3) is 1.91. The van der Waals surface area contributed by atoms with Crippen LogP contribution in [-0.2, 0) is 0 Å². The van der Waals surface area contributed by atoms with Gasteiger partial charge in [0.2, 0.25) is 5.88 Å². The van der Waals surface area contributed by atoms with Crippen molar-refractivity contribution >= 4 is 47.1 Å². The monoisotopic (exact) mass is 274 g/mol. The maximum atomic E-state index is 9.69. The summed E-state index contributed by atoms with van der Waals surface area (Å²) < 4.78 is 0.568. The van der Waals surface area contributed by atoms with Crippen LogP contribution in [0.15, 0.2) is 23.2 Å². The maximum Gasteiger partial charge on any atom is 0.207 e. The fourth-order valence-corrected chi connectivity index (χ4v) is 2.94. The highest BCUT2D eigenvalue weighted by molar-refractivity contribution is 7.73. The van der Waals surface area contributed by atoms with Gasteiger partial charge >= 0.3 is 0 Å². The van der Waals surface area contributed by atoms with Crippen molar-refractivity contribution in [2.24, 2.45) is 4.99 Å². The molecule has 0 radical (unpaired) electrons. The Balaban J connectivity index is 2.11. The van der Waals surface area contributed by atoms with Crippen LogP contribution in [0.5, 0.6) is 5.88 Å². The number of benzene rings is 1. The molecule has 1 aromatic heterocycles. The van der Waals surface area contributed by atoms with Crippen LogP contribution in [0.25, 0.3) is 11.6 Å². The summed E-state index contributed by atoms with van der Waals surface area (Å²) in [5, 5.41) is 9.69. The first-order valence-corrected chi connectivity index (χ1v) is 6.65. The van der Waals surface area contributed by atoms with E-state index in [2.05, 4.69) is 16.0 Å². The highest BCUT2D eigenvalue weighted by atomic mass is 32.1. The number of fused-ring (bicyclic) bond motifs is 1. The van der Waals surface area contributed by atoms with Crippen LogP contribution < -0.4 is 0 Å². The van der Waals surface area contributed by atoms with E-state index >= 15 is 0 Å². The quantitative estimate of drug-likeness (QED) is 0.770. The Morgan fingerprint density at radius 1 is 1.44 bits per heavy atom. The van der Waals surface area contributed by atoms with E-state index in [1.165, 1.54) is 16.9 Å². The number of rotatable bonds is 1. The van der Waals surface area contributed by atoms with Crippen molar-refractivity contribution < 1.29 is 5.11 Å². The minimum atomic E-state index is 0.118. The smallest absolute Gasteiger partial charge is 0.207 e. The van der Waals surface area contributed by atoms with E-state index in [4.69, 9.17) is 12.2 Å². The average molecular weight is 274 g/mol. The molecule has 0 unspecified atom stereocenters. The number of allylic oxidation sites excluding steroid dienone is 1. The predicted octanol–water partition coefficient (Wildman–Crippen LogP) is 4.08. The summed E-state index contributed by atoms with van der Waals surface area (Å²) in [5.41, 5.74) is 4.24. The van der Waals surface area contributed by atoms with Gasteiger partial charge in [-0.1, -0.05) is 11.6 Å². The lowest BCUT2D eigenvalue weighted by Crippen LogP contribution is -1.81. The number of hydrogen-bond acceptors (Lipinski definition) is 4. The normalized spacial score (nSPS) is 15.3. The molecular formula is C13H10N2OS2. The molecule has 3 rings (SSSR count). The zero-order valence-corrected chi connectivity index (χ0v) is 11.2. The van der Waals surface area contributed by atoms with Crippen molar-refractivity contribution in [1.82, 2.24) is 4.98 Å². The average Bonchev–Trinajstić information content (AvgIpc) is 2.84. The second kappa shape index (κ2) is 4.19. The van der Waals surface area contributed by atoms with Crippen molar-refractivity contribution in [3.05, 3.63) is 38.2 Å². The third-order valence-corrected chi connectivity index (χ3v) is 3.92. The molecule has 1 aliphatic heterocycles. The van der Waals surface area contributed by atoms with Crippen LogP contribution in [0.4, 0.5) is 5.69 Å². The number of thiazole rings is 1. The molecule has 3 nitrogen and oxygen atoms in total. The van der Waals surface area contributed by atoms with Crippen LogP contribution in [0.1, 0.15) is 16.0 Å². The topological polar surface area (TPSA) is 48.4 Å². The lowest BCUT2D eigenvalue weighted by Gasteiger charge is -2.00. The number of aromatic amines is 1. The van der Waals surface area contributed by atoms with Gasteiger partial charge in [-0.15, -0.1) is 11.3 Å². The predicted molar refractivity (Wildman–Crippen MR) is 78.4 cm³/mol. The van der Waals surface area contributed by atoms with Gasteiger partial charge in [-0.2, -0.15) is 0 Å². The Labute approximate surface area is 113 Å². The molecule has 0 amide bonds. The molecule has 5 heteroatoms. The van der Waals surface area contributed by atoms with Gasteiger partial charge in [0, 0.05) is 17.4 Å². The van der Waals surface area contributed by atoms with Gasteiger partial charge in [0.15, 0.2) is 3.95 Å². The van der Waals surface area contributed by atoms with Crippen molar-refractivity contribution in [3.63, 3.8) is 0 Å². The van der Waals surface area contributed by atoms with Gasteiger partial charge in [0.1, 0.15) is 0 Å². The fraction of sp³-hybridized carbons (Fsp3) is 0.0769. The third-order valence-electron chi connectivity index (χ3n) is 2.75. The van der Waals surface area contributed by atoms with Crippen LogP contribution in [0.3, 0.4) is 0 Å². The van der Waals surface area contributed by atoms with Crippen LogP contribution in [0, 0.1) is 10.9 Å².